The lowest BCUT2D eigenvalue weighted by Crippen LogP contribution is -2.29. The molecule has 0 saturated carbocycles. The van der Waals surface area contributed by atoms with Crippen molar-refractivity contribution < 1.29 is 9.47 Å². The van der Waals surface area contributed by atoms with Crippen LogP contribution in [0.1, 0.15) is 97.2 Å². The predicted octanol–water partition coefficient (Wildman–Crippen LogP) is 9.14. The molecule has 2 saturated heterocycles. The SMILES string of the molecule is Cc1cc2c(cc1C(C)(C)C)-c1cc(C(C)(C)C)c(C)cc1C2(c1ccc(CC2CO2)cc1)c1ccc(CC2CO2)cc1. The van der Waals surface area contributed by atoms with Crippen molar-refractivity contribution in [2.24, 2.45) is 0 Å². The van der Waals surface area contributed by atoms with Gasteiger partial charge in [-0.3, -0.25) is 0 Å². The van der Waals surface area contributed by atoms with Gasteiger partial charge in [0.1, 0.15) is 0 Å². The minimum atomic E-state index is -0.407. The van der Waals surface area contributed by atoms with E-state index in [-0.39, 0.29) is 10.8 Å². The standard InChI is InChI=1S/C41H46O2/c1-25-17-37-33(21-35(25)39(3,4)5)34-22-36(40(6,7)8)26(2)18-38(34)41(37,29-13-9-27(10-14-29)19-31-23-42-31)30-15-11-28(12-16-30)20-32-24-43-32/h9-18,21-22,31-32H,19-20,23-24H2,1-8H3. The second-order valence-electron chi connectivity index (χ2n) is 15.4. The summed E-state index contributed by atoms with van der Waals surface area (Å²) in [7, 11) is 0. The third-order valence-corrected chi connectivity index (χ3v) is 9.95. The zero-order valence-electron chi connectivity index (χ0n) is 27.2. The first kappa shape index (κ1) is 28.6. The Balaban J connectivity index is 1.53. The lowest BCUT2D eigenvalue weighted by Gasteiger charge is -2.35. The number of hydrogen-bond acceptors (Lipinski definition) is 2. The Kier molecular flexibility index (Phi) is 6.58. The maximum Gasteiger partial charge on any atom is 0.0850 e. The summed E-state index contributed by atoms with van der Waals surface area (Å²) in [5, 5.41) is 0. The van der Waals surface area contributed by atoms with Gasteiger partial charge in [-0.15, -0.1) is 0 Å². The third-order valence-electron chi connectivity index (χ3n) is 9.95. The molecule has 2 nitrogen and oxygen atoms in total. The van der Waals surface area contributed by atoms with Crippen LogP contribution in [-0.4, -0.2) is 25.4 Å². The van der Waals surface area contributed by atoms with E-state index >= 15 is 0 Å². The van der Waals surface area contributed by atoms with Crippen LogP contribution in [-0.2, 0) is 38.6 Å². The van der Waals surface area contributed by atoms with Gasteiger partial charge in [0.15, 0.2) is 0 Å². The average molecular weight is 571 g/mol. The molecule has 222 valence electrons. The van der Waals surface area contributed by atoms with Crippen LogP contribution in [0.4, 0.5) is 0 Å². The van der Waals surface area contributed by atoms with Crippen LogP contribution in [0.25, 0.3) is 11.1 Å². The van der Waals surface area contributed by atoms with Crippen molar-refractivity contribution in [1.29, 1.82) is 0 Å². The van der Waals surface area contributed by atoms with E-state index in [1.54, 1.807) is 0 Å². The van der Waals surface area contributed by atoms with Gasteiger partial charge in [0.05, 0.1) is 30.8 Å². The molecule has 2 heteroatoms. The normalized spacial score (nSPS) is 20.1. The van der Waals surface area contributed by atoms with Gasteiger partial charge in [-0.25, -0.2) is 0 Å². The molecule has 43 heavy (non-hydrogen) atoms. The Morgan fingerprint density at radius 2 is 0.930 bits per heavy atom. The molecule has 2 fully saturated rings. The third kappa shape index (κ3) is 4.97. The molecule has 2 atom stereocenters. The summed E-state index contributed by atoms with van der Waals surface area (Å²) >= 11 is 0. The maximum absolute atomic E-state index is 5.56. The fourth-order valence-electron chi connectivity index (χ4n) is 7.71. The zero-order chi connectivity index (χ0) is 30.3. The predicted molar refractivity (Wildman–Crippen MR) is 178 cm³/mol. The Morgan fingerprint density at radius 1 is 0.581 bits per heavy atom. The van der Waals surface area contributed by atoms with Crippen LogP contribution in [0, 0.1) is 13.8 Å². The highest BCUT2D eigenvalue weighted by molar-refractivity contribution is 5.88. The maximum atomic E-state index is 5.56. The number of rotatable bonds is 6. The summed E-state index contributed by atoms with van der Waals surface area (Å²) in [6.45, 7) is 20.4. The molecular weight excluding hydrogens is 524 g/mol. The quantitative estimate of drug-likeness (QED) is 0.190. The van der Waals surface area contributed by atoms with E-state index in [0.29, 0.717) is 12.2 Å². The highest BCUT2D eigenvalue weighted by atomic mass is 16.6. The van der Waals surface area contributed by atoms with E-state index in [9.17, 15) is 0 Å². The highest BCUT2D eigenvalue weighted by Gasteiger charge is 2.47. The van der Waals surface area contributed by atoms with E-state index in [0.717, 1.165) is 26.1 Å². The number of ether oxygens (including phenoxy) is 2. The second-order valence-corrected chi connectivity index (χ2v) is 15.4. The van der Waals surface area contributed by atoms with Crippen molar-refractivity contribution in [2.45, 2.75) is 96.7 Å². The van der Waals surface area contributed by atoms with Gasteiger partial charge in [0.2, 0.25) is 0 Å². The molecule has 0 bridgehead atoms. The van der Waals surface area contributed by atoms with Gasteiger partial charge in [-0.1, -0.05) is 114 Å². The van der Waals surface area contributed by atoms with Gasteiger partial charge in [-0.2, -0.15) is 0 Å². The highest BCUT2D eigenvalue weighted by Crippen LogP contribution is 2.58. The van der Waals surface area contributed by atoms with Crippen LogP contribution in [0.5, 0.6) is 0 Å². The van der Waals surface area contributed by atoms with E-state index < -0.39 is 5.41 Å². The second kappa shape index (κ2) is 9.91. The summed E-state index contributed by atoms with van der Waals surface area (Å²) < 4.78 is 11.1. The summed E-state index contributed by atoms with van der Waals surface area (Å²) in [6.07, 6.45) is 2.74. The van der Waals surface area contributed by atoms with Crippen molar-refractivity contribution >= 4 is 0 Å². The minimum absolute atomic E-state index is 0.0567. The lowest BCUT2D eigenvalue weighted by molar-refractivity contribution is 0.407. The molecule has 0 N–H and O–H groups in total. The summed E-state index contributed by atoms with van der Waals surface area (Å²) in [5.41, 5.74) is 16.2. The van der Waals surface area contributed by atoms with Crippen LogP contribution in [0.3, 0.4) is 0 Å². The van der Waals surface area contributed by atoms with Crippen LogP contribution in [0.2, 0.25) is 0 Å². The number of fused-ring (bicyclic) bond motifs is 3. The van der Waals surface area contributed by atoms with Crippen molar-refractivity contribution in [3.05, 3.63) is 128 Å². The molecular formula is C41H46O2. The molecule has 0 spiro atoms. The number of epoxide rings is 2. The van der Waals surface area contributed by atoms with Crippen molar-refractivity contribution in [2.75, 3.05) is 13.2 Å². The Labute approximate surface area is 258 Å². The van der Waals surface area contributed by atoms with E-state index in [2.05, 4.69) is 128 Å². The van der Waals surface area contributed by atoms with Crippen LogP contribution < -0.4 is 0 Å². The number of benzene rings is 4. The molecule has 7 rings (SSSR count). The molecule has 3 aliphatic rings. The van der Waals surface area contributed by atoms with E-state index in [4.69, 9.17) is 9.47 Å². The van der Waals surface area contributed by atoms with Crippen LogP contribution in [0.15, 0.2) is 72.8 Å². The summed E-state index contributed by atoms with van der Waals surface area (Å²) in [5.74, 6) is 0. The first-order valence-corrected chi connectivity index (χ1v) is 16.1. The molecule has 0 radical (unpaired) electrons. The largest absolute Gasteiger partial charge is 0.373 e. The fourth-order valence-corrected chi connectivity index (χ4v) is 7.71. The smallest absolute Gasteiger partial charge is 0.0850 e. The molecule has 2 aliphatic heterocycles. The Bertz CT molecular complexity index is 1560. The Hall–Kier alpha value is -3.20. The van der Waals surface area contributed by atoms with E-state index in [1.165, 1.54) is 66.8 Å². The molecule has 2 heterocycles. The molecule has 0 aromatic heterocycles. The number of hydrogen-bond donors (Lipinski definition) is 0. The number of aryl methyl sites for hydroxylation is 2. The van der Waals surface area contributed by atoms with Gasteiger partial charge < -0.3 is 9.47 Å². The molecule has 4 aromatic rings. The summed E-state index contributed by atoms with van der Waals surface area (Å²) in [4.78, 5) is 0. The van der Waals surface area contributed by atoms with Gasteiger partial charge in [-0.05, 0) is 91.4 Å². The average Bonchev–Trinajstić information content (AvgIpc) is 3.88. The van der Waals surface area contributed by atoms with Crippen molar-refractivity contribution in [3.63, 3.8) is 0 Å². The zero-order valence-corrected chi connectivity index (χ0v) is 27.2. The van der Waals surface area contributed by atoms with Crippen molar-refractivity contribution in [1.82, 2.24) is 0 Å². The molecule has 0 amide bonds. The van der Waals surface area contributed by atoms with Crippen molar-refractivity contribution in [3.8, 4) is 11.1 Å². The Morgan fingerprint density at radius 3 is 1.23 bits per heavy atom. The van der Waals surface area contributed by atoms with Crippen LogP contribution >= 0.6 is 0 Å². The first-order valence-electron chi connectivity index (χ1n) is 16.1. The van der Waals surface area contributed by atoms with Gasteiger partial charge in [0, 0.05) is 12.8 Å². The van der Waals surface area contributed by atoms with E-state index in [1.807, 2.05) is 0 Å². The molecule has 2 unspecified atom stereocenters. The van der Waals surface area contributed by atoms with Gasteiger partial charge >= 0.3 is 0 Å². The molecule has 4 aromatic carbocycles. The fraction of sp³-hybridized carbons (Fsp3) is 0.415. The minimum Gasteiger partial charge on any atom is -0.373 e. The monoisotopic (exact) mass is 570 g/mol. The lowest BCUT2D eigenvalue weighted by atomic mass is 9.66. The molecule has 1 aliphatic carbocycles. The summed E-state index contributed by atoms with van der Waals surface area (Å²) in [6, 6.07) is 29.0. The topological polar surface area (TPSA) is 25.1 Å². The first-order chi connectivity index (χ1) is 20.4. The van der Waals surface area contributed by atoms with Gasteiger partial charge in [0.25, 0.3) is 0 Å².